The fourth-order valence-electron chi connectivity index (χ4n) is 5.94. The van der Waals surface area contributed by atoms with E-state index in [1.54, 1.807) is 19.1 Å². The minimum atomic E-state index is -4.12. The molecule has 3 aromatic rings. The summed E-state index contributed by atoms with van der Waals surface area (Å²) in [6.07, 6.45) is 0.554. The zero-order valence-electron chi connectivity index (χ0n) is 24.8. The molecule has 1 saturated carbocycles. The zero-order chi connectivity index (χ0) is 31.7. The van der Waals surface area contributed by atoms with Crippen molar-refractivity contribution in [3.05, 3.63) is 87.6 Å². The van der Waals surface area contributed by atoms with Crippen molar-refractivity contribution in [2.75, 3.05) is 20.3 Å². The summed E-state index contributed by atoms with van der Waals surface area (Å²) in [7, 11) is -2.58. The zero-order valence-corrected chi connectivity index (χ0v) is 25.6. The maximum Gasteiger partial charge on any atom is 0.410 e. The Labute approximate surface area is 255 Å². The van der Waals surface area contributed by atoms with Crippen LogP contribution in [0.1, 0.15) is 60.0 Å². The maximum absolute atomic E-state index is 13.6. The summed E-state index contributed by atoms with van der Waals surface area (Å²) in [5, 5.41) is 10.8. The fraction of sp³-hybridized carbons (Fsp3) is 0.419. The third kappa shape index (κ3) is 5.81. The lowest BCUT2D eigenvalue weighted by atomic mass is 9.68. The molecule has 13 heteroatoms. The van der Waals surface area contributed by atoms with E-state index in [-0.39, 0.29) is 49.9 Å². The standard InChI is InChI=1S/C31H35N3O9S/c1-4-41-27(37)24-25(35)26(36)34-19-30(20-43-44(39,40)23-12-10-21(2)11-13-23)14-16-31(17-15-30,28(34)32-24)33(3)29(38)42-18-22-8-6-5-7-9-22/h5-13,35H,4,14-20H2,1-3H3. The fourth-order valence-corrected chi connectivity index (χ4v) is 6.95. The highest BCUT2D eigenvalue weighted by Gasteiger charge is 2.54. The molecule has 234 valence electrons. The van der Waals surface area contributed by atoms with E-state index in [0.717, 1.165) is 11.1 Å². The molecule has 2 aliphatic heterocycles. The van der Waals surface area contributed by atoms with Gasteiger partial charge in [-0.15, -0.1) is 0 Å². The number of hydrogen-bond donors (Lipinski definition) is 1. The Hall–Kier alpha value is -4.23. The van der Waals surface area contributed by atoms with E-state index in [1.807, 2.05) is 37.3 Å². The largest absolute Gasteiger partial charge is 0.501 e. The molecule has 3 aliphatic rings. The van der Waals surface area contributed by atoms with Gasteiger partial charge >= 0.3 is 12.1 Å². The number of amides is 1. The van der Waals surface area contributed by atoms with E-state index in [2.05, 4.69) is 4.98 Å². The third-order valence-corrected chi connectivity index (χ3v) is 9.89. The second-order valence-electron chi connectivity index (χ2n) is 11.4. The smallest absolute Gasteiger partial charge is 0.410 e. The van der Waals surface area contributed by atoms with Gasteiger partial charge < -0.3 is 14.6 Å². The number of ether oxygens (including phenoxy) is 2. The van der Waals surface area contributed by atoms with Crippen LogP contribution in [-0.4, -0.2) is 60.3 Å². The van der Waals surface area contributed by atoms with Crippen LogP contribution in [0.4, 0.5) is 4.79 Å². The average molecular weight is 626 g/mol. The molecule has 0 radical (unpaired) electrons. The van der Waals surface area contributed by atoms with Crippen LogP contribution in [0.25, 0.3) is 0 Å². The summed E-state index contributed by atoms with van der Waals surface area (Å²) in [5.74, 6) is -1.78. The van der Waals surface area contributed by atoms with E-state index < -0.39 is 50.1 Å². The molecule has 1 fully saturated rings. The van der Waals surface area contributed by atoms with E-state index in [9.17, 15) is 27.9 Å². The number of aromatic nitrogens is 2. The number of fused-ring (bicyclic) bond motifs is 2. The number of benzene rings is 2. The highest BCUT2D eigenvalue weighted by molar-refractivity contribution is 7.86. The normalized spacial score (nSPS) is 20.8. The highest BCUT2D eigenvalue weighted by Crippen LogP contribution is 2.52. The third-order valence-electron chi connectivity index (χ3n) is 8.61. The van der Waals surface area contributed by atoms with Crippen LogP contribution >= 0.6 is 0 Å². The van der Waals surface area contributed by atoms with Gasteiger partial charge in [0.1, 0.15) is 18.0 Å². The molecule has 0 unspecified atom stereocenters. The molecule has 1 N–H and O–H groups in total. The summed E-state index contributed by atoms with van der Waals surface area (Å²) in [6, 6.07) is 15.4. The Morgan fingerprint density at radius 3 is 2.32 bits per heavy atom. The molecule has 44 heavy (non-hydrogen) atoms. The molecule has 2 aromatic carbocycles. The Morgan fingerprint density at radius 1 is 1.02 bits per heavy atom. The van der Waals surface area contributed by atoms with Crippen LogP contribution < -0.4 is 5.56 Å². The lowest BCUT2D eigenvalue weighted by Gasteiger charge is -2.45. The van der Waals surface area contributed by atoms with Gasteiger partial charge in [0.25, 0.3) is 15.7 Å². The van der Waals surface area contributed by atoms with Crippen molar-refractivity contribution >= 4 is 22.2 Å². The van der Waals surface area contributed by atoms with Crippen LogP contribution in [0, 0.1) is 12.3 Å². The topological polar surface area (TPSA) is 154 Å². The summed E-state index contributed by atoms with van der Waals surface area (Å²) in [6.45, 7) is 3.14. The first-order valence-electron chi connectivity index (χ1n) is 14.3. The Kier molecular flexibility index (Phi) is 8.54. The monoisotopic (exact) mass is 625 g/mol. The molecule has 3 heterocycles. The van der Waals surface area contributed by atoms with Gasteiger partial charge in [0.2, 0.25) is 5.75 Å². The first-order valence-corrected chi connectivity index (χ1v) is 15.7. The number of rotatable bonds is 9. The van der Waals surface area contributed by atoms with Crippen LogP contribution in [0.15, 0.2) is 64.3 Å². The van der Waals surface area contributed by atoms with Crippen LogP contribution in [0.2, 0.25) is 0 Å². The van der Waals surface area contributed by atoms with Gasteiger partial charge in [-0.1, -0.05) is 48.0 Å². The van der Waals surface area contributed by atoms with Gasteiger partial charge in [-0.3, -0.25) is 18.4 Å². The van der Waals surface area contributed by atoms with Crippen LogP contribution in [0.3, 0.4) is 0 Å². The molecule has 0 spiro atoms. The second-order valence-corrected chi connectivity index (χ2v) is 13.0. The second kappa shape index (κ2) is 12.0. The number of aromatic hydroxyl groups is 1. The molecule has 1 aromatic heterocycles. The Morgan fingerprint density at radius 2 is 1.68 bits per heavy atom. The molecule has 0 atom stereocenters. The average Bonchev–Trinajstić information content (AvgIpc) is 3.25. The Balaban J connectivity index is 1.52. The van der Waals surface area contributed by atoms with Crippen molar-refractivity contribution in [2.45, 2.75) is 63.1 Å². The quantitative estimate of drug-likeness (QED) is 0.274. The lowest BCUT2D eigenvalue weighted by Crippen LogP contribution is -2.51. The van der Waals surface area contributed by atoms with Crippen LogP contribution in [0.5, 0.6) is 5.75 Å². The van der Waals surface area contributed by atoms with E-state index in [0.29, 0.717) is 12.8 Å². The predicted octanol–water partition coefficient (Wildman–Crippen LogP) is 3.88. The van der Waals surface area contributed by atoms with Crippen molar-refractivity contribution in [2.24, 2.45) is 5.41 Å². The molecular formula is C31H35N3O9S. The predicted molar refractivity (Wildman–Crippen MR) is 157 cm³/mol. The molecule has 2 bridgehead atoms. The molecular weight excluding hydrogens is 590 g/mol. The van der Waals surface area contributed by atoms with Crippen molar-refractivity contribution in [1.29, 1.82) is 0 Å². The number of aryl methyl sites for hydroxylation is 1. The van der Waals surface area contributed by atoms with Gasteiger partial charge in [0.05, 0.1) is 18.1 Å². The summed E-state index contributed by atoms with van der Waals surface area (Å²) < 4.78 is 43.6. The minimum absolute atomic E-state index is 0.00879. The van der Waals surface area contributed by atoms with E-state index in [1.165, 1.54) is 28.6 Å². The molecule has 12 nitrogen and oxygen atoms in total. The van der Waals surface area contributed by atoms with Gasteiger partial charge in [0, 0.05) is 19.0 Å². The minimum Gasteiger partial charge on any atom is -0.501 e. The first kappa shape index (κ1) is 31.2. The SMILES string of the molecule is CCOC(=O)c1nc2n(c(=O)c1O)CC1(COS(=O)(=O)c3ccc(C)cc3)CCC2(N(C)C(=O)OCc2ccccc2)CC1. The van der Waals surface area contributed by atoms with Crippen molar-refractivity contribution < 1.29 is 36.8 Å². The summed E-state index contributed by atoms with van der Waals surface area (Å²) in [5.41, 5.74) is -1.84. The maximum atomic E-state index is 13.6. The highest BCUT2D eigenvalue weighted by atomic mass is 32.2. The first-order chi connectivity index (χ1) is 20.9. The number of carbonyl (C=O) groups is 2. The summed E-state index contributed by atoms with van der Waals surface area (Å²) >= 11 is 0. The molecule has 0 saturated heterocycles. The van der Waals surface area contributed by atoms with Crippen LogP contribution in [-0.2, 0) is 42.5 Å². The van der Waals surface area contributed by atoms with Gasteiger partial charge in [0.15, 0.2) is 5.69 Å². The number of nitrogens with zero attached hydrogens (tertiary/aromatic N) is 3. The molecule has 1 aliphatic carbocycles. The van der Waals surface area contributed by atoms with E-state index >= 15 is 0 Å². The van der Waals surface area contributed by atoms with E-state index in [4.69, 9.17) is 13.7 Å². The number of carbonyl (C=O) groups excluding carboxylic acids is 2. The van der Waals surface area contributed by atoms with Gasteiger partial charge in [-0.05, 0) is 57.2 Å². The molecule has 6 rings (SSSR count). The van der Waals surface area contributed by atoms with Gasteiger partial charge in [-0.25, -0.2) is 14.6 Å². The Bertz CT molecular complexity index is 1710. The molecule has 1 amide bonds. The van der Waals surface area contributed by atoms with Crippen molar-refractivity contribution in [1.82, 2.24) is 14.5 Å². The lowest BCUT2D eigenvalue weighted by molar-refractivity contribution is 0.00216. The summed E-state index contributed by atoms with van der Waals surface area (Å²) in [4.78, 5) is 45.6. The van der Waals surface area contributed by atoms with Crippen molar-refractivity contribution in [3.8, 4) is 5.75 Å². The number of esters is 1. The van der Waals surface area contributed by atoms with Crippen molar-refractivity contribution in [3.63, 3.8) is 0 Å². The van der Waals surface area contributed by atoms with Gasteiger partial charge in [-0.2, -0.15) is 8.42 Å². The number of hydrogen-bond acceptors (Lipinski definition) is 10.